The number of nitrogens with one attached hydrogen (secondary N) is 1. The van der Waals surface area contributed by atoms with Gasteiger partial charge < -0.3 is 4.98 Å². The molecule has 2 heterocycles. The highest BCUT2D eigenvalue weighted by Gasteiger charge is 2.37. The molecule has 0 radical (unpaired) electrons. The fraction of sp³-hybridized carbons (Fsp3) is 0.412. The largest absolute Gasteiger partial charge is 0.358 e. The van der Waals surface area contributed by atoms with E-state index in [1.54, 1.807) is 11.1 Å². The van der Waals surface area contributed by atoms with E-state index in [9.17, 15) is 0 Å². The third kappa shape index (κ3) is 1.53. The smallest absolute Gasteiger partial charge is 0.0459 e. The van der Waals surface area contributed by atoms with Crippen molar-refractivity contribution in [1.29, 1.82) is 0 Å². The van der Waals surface area contributed by atoms with E-state index in [0.29, 0.717) is 6.04 Å². The van der Waals surface area contributed by atoms with Crippen molar-refractivity contribution in [3.05, 3.63) is 47.2 Å². The fourth-order valence-electron chi connectivity index (χ4n) is 4.02. The minimum atomic E-state index is 0.591. The lowest BCUT2D eigenvalue weighted by atomic mass is 9.75. The number of rotatable bonds is 0. The highest BCUT2D eigenvalue weighted by atomic mass is 15.1. The van der Waals surface area contributed by atoms with Crippen LogP contribution in [0.1, 0.15) is 30.6 Å². The van der Waals surface area contributed by atoms with Gasteiger partial charge in [0.15, 0.2) is 0 Å². The molecule has 4 rings (SSSR count). The molecule has 2 bridgehead atoms. The number of para-hydroxylation sites is 1. The van der Waals surface area contributed by atoms with E-state index in [0.717, 1.165) is 12.5 Å². The Balaban J connectivity index is 1.92. The monoisotopic (exact) mass is 252 g/mol. The van der Waals surface area contributed by atoms with Crippen molar-refractivity contribution in [1.82, 2.24) is 9.88 Å². The van der Waals surface area contributed by atoms with Crippen LogP contribution in [-0.2, 0) is 6.42 Å². The highest BCUT2D eigenvalue weighted by Crippen LogP contribution is 2.46. The summed E-state index contributed by atoms with van der Waals surface area (Å²) < 4.78 is 0. The van der Waals surface area contributed by atoms with Crippen molar-refractivity contribution in [3.8, 4) is 0 Å². The van der Waals surface area contributed by atoms with Crippen LogP contribution in [0.4, 0.5) is 0 Å². The number of likely N-dealkylation sites (tertiary alicyclic amines) is 1. The first-order chi connectivity index (χ1) is 9.28. The predicted octanol–water partition coefficient (Wildman–Crippen LogP) is 3.66. The van der Waals surface area contributed by atoms with Crippen molar-refractivity contribution in [2.24, 2.45) is 5.92 Å². The maximum absolute atomic E-state index is 3.66. The molecule has 1 aromatic heterocycles. The van der Waals surface area contributed by atoms with E-state index in [-0.39, 0.29) is 0 Å². The summed E-state index contributed by atoms with van der Waals surface area (Å²) in [4.78, 5) is 6.17. The Kier molecular flexibility index (Phi) is 2.36. The van der Waals surface area contributed by atoms with Gasteiger partial charge in [-0.1, -0.05) is 29.8 Å². The summed E-state index contributed by atoms with van der Waals surface area (Å²) in [5, 5.41) is 1.43. The van der Waals surface area contributed by atoms with Gasteiger partial charge in [0.2, 0.25) is 0 Å². The van der Waals surface area contributed by atoms with Gasteiger partial charge in [-0.2, -0.15) is 0 Å². The van der Waals surface area contributed by atoms with Crippen LogP contribution in [0.15, 0.2) is 35.9 Å². The molecule has 0 spiro atoms. The van der Waals surface area contributed by atoms with Gasteiger partial charge in [-0.05, 0) is 44.4 Å². The minimum absolute atomic E-state index is 0.591. The second kappa shape index (κ2) is 3.97. The summed E-state index contributed by atoms with van der Waals surface area (Å²) in [5.74, 6) is 0.742. The number of benzene rings is 1. The van der Waals surface area contributed by atoms with Gasteiger partial charge in [-0.3, -0.25) is 4.90 Å². The Morgan fingerprint density at radius 3 is 3.00 bits per heavy atom. The van der Waals surface area contributed by atoms with Crippen molar-refractivity contribution in [2.45, 2.75) is 25.8 Å². The molecule has 1 aromatic carbocycles. The van der Waals surface area contributed by atoms with Crippen LogP contribution in [0.3, 0.4) is 0 Å². The van der Waals surface area contributed by atoms with E-state index >= 15 is 0 Å². The normalized spacial score (nSPS) is 28.8. The number of hydrogen-bond donors (Lipinski definition) is 1. The lowest BCUT2D eigenvalue weighted by Crippen LogP contribution is -2.39. The van der Waals surface area contributed by atoms with Crippen LogP contribution in [0.25, 0.3) is 10.9 Å². The lowest BCUT2D eigenvalue weighted by Gasteiger charge is -2.43. The number of aromatic nitrogens is 1. The molecule has 2 unspecified atom stereocenters. The molecule has 1 saturated heterocycles. The van der Waals surface area contributed by atoms with Crippen LogP contribution in [0.5, 0.6) is 0 Å². The Morgan fingerprint density at radius 2 is 2.16 bits per heavy atom. The third-order valence-corrected chi connectivity index (χ3v) is 4.98. The maximum Gasteiger partial charge on any atom is 0.0459 e. The molecule has 1 aliphatic heterocycles. The van der Waals surface area contributed by atoms with E-state index in [2.05, 4.69) is 54.2 Å². The number of likely N-dealkylation sites (N-methyl/N-ethyl adjacent to an activating group) is 1. The van der Waals surface area contributed by atoms with Crippen molar-refractivity contribution >= 4 is 10.9 Å². The number of fused-ring (bicyclic) bond motifs is 6. The first kappa shape index (κ1) is 11.3. The number of aromatic amines is 1. The summed E-state index contributed by atoms with van der Waals surface area (Å²) in [5.41, 5.74) is 5.94. The molecule has 2 nitrogen and oxygen atoms in total. The third-order valence-electron chi connectivity index (χ3n) is 4.98. The predicted molar refractivity (Wildman–Crippen MR) is 79.2 cm³/mol. The molecule has 2 heteroatoms. The van der Waals surface area contributed by atoms with Crippen molar-refractivity contribution in [2.75, 3.05) is 13.6 Å². The van der Waals surface area contributed by atoms with Crippen LogP contribution >= 0.6 is 0 Å². The van der Waals surface area contributed by atoms with Gasteiger partial charge in [-0.15, -0.1) is 0 Å². The lowest BCUT2D eigenvalue weighted by molar-refractivity contribution is 0.174. The number of H-pyrrole nitrogens is 1. The molecular formula is C17H20N2. The van der Waals surface area contributed by atoms with Crippen molar-refractivity contribution < 1.29 is 0 Å². The minimum Gasteiger partial charge on any atom is -0.358 e. The van der Waals surface area contributed by atoms with E-state index < -0.39 is 0 Å². The van der Waals surface area contributed by atoms with Gasteiger partial charge in [0, 0.05) is 29.2 Å². The van der Waals surface area contributed by atoms with Gasteiger partial charge in [-0.25, -0.2) is 0 Å². The zero-order valence-corrected chi connectivity index (χ0v) is 11.6. The van der Waals surface area contributed by atoms with Gasteiger partial charge in [0.05, 0.1) is 0 Å². The van der Waals surface area contributed by atoms with Crippen LogP contribution in [0, 0.1) is 5.92 Å². The SMILES string of the molecule is C/C=C1/CN(C)C2CC1Cc1[nH]c3ccccc3c12. The van der Waals surface area contributed by atoms with E-state index in [4.69, 9.17) is 0 Å². The highest BCUT2D eigenvalue weighted by molar-refractivity contribution is 5.85. The molecule has 19 heavy (non-hydrogen) atoms. The average Bonchev–Trinajstić information content (AvgIpc) is 2.80. The second-order valence-corrected chi connectivity index (χ2v) is 5.99. The molecule has 0 amide bonds. The Morgan fingerprint density at radius 1 is 1.32 bits per heavy atom. The first-order valence-electron chi connectivity index (χ1n) is 7.22. The molecule has 98 valence electrons. The Hall–Kier alpha value is -1.54. The molecule has 1 fully saturated rings. The molecule has 0 saturated carbocycles. The number of hydrogen-bond acceptors (Lipinski definition) is 1. The number of piperidine rings is 1. The quantitative estimate of drug-likeness (QED) is 0.709. The average molecular weight is 252 g/mol. The topological polar surface area (TPSA) is 19.0 Å². The summed E-state index contributed by atoms with van der Waals surface area (Å²) in [6.45, 7) is 3.31. The van der Waals surface area contributed by atoms with E-state index in [1.165, 1.54) is 29.4 Å². The molecule has 2 atom stereocenters. The Bertz CT molecular complexity index is 665. The van der Waals surface area contributed by atoms with Gasteiger partial charge in [0.25, 0.3) is 0 Å². The summed E-state index contributed by atoms with van der Waals surface area (Å²) in [6.07, 6.45) is 4.80. The van der Waals surface area contributed by atoms with Crippen LogP contribution < -0.4 is 0 Å². The standard InChI is InChI=1S/C17H20N2/c1-3-11-10-19(2)16-9-12(11)8-15-17(16)13-6-4-5-7-14(13)18-15/h3-7,12,16,18H,8-10H2,1-2H3/b11-3-. The van der Waals surface area contributed by atoms with Crippen molar-refractivity contribution in [3.63, 3.8) is 0 Å². The number of allylic oxidation sites excluding steroid dienone is 1. The second-order valence-electron chi connectivity index (χ2n) is 5.99. The molecule has 2 aromatic rings. The molecule has 1 aliphatic carbocycles. The zero-order chi connectivity index (χ0) is 13.0. The summed E-state index contributed by atoms with van der Waals surface area (Å²) in [7, 11) is 2.27. The van der Waals surface area contributed by atoms with Gasteiger partial charge in [0.1, 0.15) is 0 Å². The summed E-state index contributed by atoms with van der Waals surface area (Å²) >= 11 is 0. The van der Waals surface area contributed by atoms with Crippen LogP contribution in [-0.4, -0.2) is 23.5 Å². The van der Waals surface area contributed by atoms with Gasteiger partial charge >= 0.3 is 0 Å². The zero-order valence-electron chi connectivity index (χ0n) is 11.6. The maximum atomic E-state index is 3.66. The molecular weight excluding hydrogens is 232 g/mol. The molecule has 1 N–H and O–H groups in total. The Labute approximate surface area is 114 Å². The number of nitrogens with zero attached hydrogens (tertiary/aromatic N) is 1. The van der Waals surface area contributed by atoms with E-state index in [1.807, 2.05) is 0 Å². The fourth-order valence-corrected chi connectivity index (χ4v) is 4.02. The summed E-state index contributed by atoms with van der Waals surface area (Å²) in [6, 6.07) is 9.34. The first-order valence-corrected chi connectivity index (χ1v) is 7.22. The molecule has 2 aliphatic rings. The van der Waals surface area contributed by atoms with Crippen LogP contribution in [0.2, 0.25) is 0 Å².